The fourth-order valence-corrected chi connectivity index (χ4v) is 4.34. The van der Waals surface area contributed by atoms with Gasteiger partial charge in [-0.15, -0.1) is 0 Å². The van der Waals surface area contributed by atoms with Crippen LogP contribution in [0, 0.1) is 0 Å². The van der Waals surface area contributed by atoms with Crippen LogP contribution < -0.4 is 9.47 Å². The lowest BCUT2D eigenvalue weighted by Crippen LogP contribution is -2.55. The zero-order valence-electron chi connectivity index (χ0n) is 18.2. The summed E-state index contributed by atoms with van der Waals surface area (Å²) in [5.74, 6) is 3.00. The van der Waals surface area contributed by atoms with Crippen LogP contribution in [-0.2, 0) is 0 Å². The molecule has 0 N–H and O–H groups in total. The van der Waals surface area contributed by atoms with Crippen molar-refractivity contribution < 1.29 is 14.3 Å². The molecule has 2 aliphatic heterocycles. The van der Waals surface area contributed by atoms with Crippen molar-refractivity contribution in [2.24, 2.45) is 4.99 Å². The van der Waals surface area contributed by atoms with Crippen LogP contribution in [0.1, 0.15) is 22.8 Å². The van der Waals surface area contributed by atoms with Crippen LogP contribution in [0.15, 0.2) is 77.8 Å². The quantitative estimate of drug-likeness (QED) is 0.594. The number of hydrogen-bond donors (Lipinski definition) is 0. The minimum absolute atomic E-state index is 0.00788. The van der Waals surface area contributed by atoms with Crippen molar-refractivity contribution in [2.45, 2.75) is 13.0 Å². The monoisotopic (exact) mass is 427 g/mol. The zero-order chi connectivity index (χ0) is 22.1. The Labute approximate surface area is 187 Å². The molecule has 32 heavy (non-hydrogen) atoms. The molecule has 3 aromatic carbocycles. The summed E-state index contributed by atoms with van der Waals surface area (Å²) in [6.45, 7) is 4.03. The molecule has 0 aliphatic carbocycles. The summed E-state index contributed by atoms with van der Waals surface area (Å²) in [4.78, 5) is 22.4. The van der Waals surface area contributed by atoms with Gasteiger partial charge in [0.15, 0.2) is 5.75 Å². The molecule has 1 atom stereocenters. The number of amides is 1. The fourth-order valence-electron chi connectivity index (χ4n) is 4.34. The molecule has 6 heteroatoms. The molecule has 2 aliphatic rings. The number of piperazine rings is 1. The van der Waals surface area contributed by atoms with Gasteiger partial charge in [0.1, 0.15) is 23.0 Å². The maximum Gasteiger partial charge on any atom is 0.257 e. The van der Waals surface area contributed by atoms with E-state index in [0.717, 1.165) is 28.6 Å². The normalized spacial score (nSPS) is 17.4. The molecule has 0 saturated carbocycles. The summed E-state index contributed by atoms with van der Waals surface area (Å²) in [5.41, 5.74) is 2.36. The Morgan fingerprint density at radius 1 is 0.969 bits per heavy atom. The van der Waals surface area contributed by atoms with Crippen LogP contribution in [0.25, 0.3) is 0 Å². The predicted octanol–water partition coefficient (Wildman–Crippen LogP) is 4.73. The molecule has 0 spiro atoms. The lowest BCUT2D eigenvalue weighted by Gasteiger charge is -2.41. The van der Waals surface area contributed by atoms with Gasteiger partial charge < -0.3 is 19.3 Å². The number of methoxy groups -OCH3 is 1. The van der Waals surface area contributed by atoms with Crippen LogP contribution in [-0.4, -0.2) is 54.3 Å². The first kappa shape index (κ1) is 20.1. The van der Waals surface area contributed by atoms with Gasteiger partial charge in [-0.25, -0.2) is 4.99 Å². The second-order valence-electron chi connectivity index (χ2n) is 8.00. The molecule has 1 saturated heterocycles. The summed E-state index contributed by atoms with van der Waals surface area (Å²) < 4.78 is 11.6. The minimum Gasteiger partial charge on any atom is -0.496 e. The van der Waals surface area contributed by atoms with Gasteiger partial charge in [-0.3, -0.25) is 4.79 Å². The van der Waals surface area contributed by atoms with Crippen molar-refractivity contribution in [3.8, 4) is 17.2 Å². The van der Waals surface area contributed by atoms with Gasteiger partial charge >= 0.3 is 0 Å². The highest BCUT2D eigenvalue weighted by Gasteiger charge is 2.32. The zero-order valence-corrected chi connectivity index (χ0v) is 18.2. The average Bonchev–Trinajstić information content (AvgIpc) is 3.00. The number of para-hydroxylation sites is 4. The lowest BCUT2D eigenvalue weighted by molar-refractivity contribution is 0.0578. The fraction of sp³-hybridized carbons (Fsp3) is 0.231. The number of fused-ring (bicyclic) bond motifs is 2. The number of aliphatic imine (C=N–C) groups is 1. The molecular weight excluding hydrogens is 402 g/mol. The van der Waals surface area contributed by atoms with E-state index in [1.807, 2.05) is 77.7 Å². The third-order valence-corrected chi connectivity index (χ3v) is 5.96. The van der Waals surface area contributed by atoms with Gasteiger partial charge in [-0.05, 0) is 43.3 Å². The van der Waals surface area contributed by atoms with E-state index in [0.29, 0.717) is 30.9 Å². The highest BCUT2D eigenvalue weighted by atomic mass is 16.5. The SMILES string of the molecule is COc1ccccc1C(=O)N1CCN(C2=Nc3ccccc3Oc3ccccc32)CC1C. The summed E-state index contributed by atoms with van der Waals surface area (Å²) >= 11 is 0. The molecule has 0 aromatic heterocycles. The van der Waals surface area contributed by atoms with Crippen molar-refractivity contribution in [1.82, 2.24) is 9.80 Å². The van der Waals surface area contributed by atoms with Crippen molar-refractivity contribution in [3.63, 3.8) is 0 Å². The lowest BCUT2D eigenvalue weighted by atomic mass is 10.1. The summed E-state index contributed by atoms with van der Waals surface area (Å²) in [7, 11) is 1.59. The second-order valence-corrected chi connectivity index (χ2v) is 8.00. The first-order chi connectivity index (χ1) is 15.7. The number of nitrogens with zero attached hydrogens (tertiary/aromatic N) is 3. The van der Waals surface area contributed by atoms with Crippen molar-refractivity contribution in [1.29, 1.82) is 0 Å². The third-order valence-electron chi connectivity index (χ3n) is 5.96. The highest BCUT2D eigenvalue weighted by Crippen LogP contribution is 2.38. The topological polar surface area (TPSA) is 54.4 Å². The van der Waals surface area contributed by atoms with E-state index in [2.05, 4.69) is 11.8 Å². The van der Waals surface area contributed by atoms with E-state index in [1.165, 1.54) is 0 Å². The molecule has 1 unspecified atom stereocenters. The Morgan fingerprint density at radius 3 is 2.50 bits per heavy atom. The van der Waals surface area contributed by atoms with Crippen LogP contribution in [0.2, 0.25) is 0 Å². The van der Waals surface area contributed by atoms with Crippen LogP contribution >= 0.6 is 0 Å². The van der Waals surface area contributed by atoms with Crippen LogP contribution in [0.3, 0.4) is 0 Å². The largest absolute Gasteiger partial charge is 0.496 e. The van der Waals surface area contributed by atoms with Gasteiger partial charge in [0, 0.05) is 25.7 Å². The maximum atomic E-state index is 13.3. The molecule has 6 nitrogen and oxygen atoms in total. The number of carbonyl (C=O) groups excluding carboxylic acids is 1. The summed E-state index contributed by atoms with van der Waals surface area (Å²) in [5, 5.41) is 0. The van der Waals surface area contributed by atoms with Crippen LogP contribution in [0.5, 0.6) is 17.2 Å². The number of rotatable bonds is 2. The molecular formula is C26H25N3O3. The Bertz CT molecular complexity index is 1190. The summed E-state index contributed by atoms with van der Waals surface area (Å²) in [6.07, 6.45) is 0. The van der Waals surface area contributed by atoms with Gasteiger partial charge in [-0.2, -0.15) is 0 Å². The molecule has 1 fully saturated rings. The molecule has 0 radical (unpaired) electrons. The first-order valence-corrected chi connectivity index (χ1v) is 10.8. The van der Waals surface area contributed by atoms with Crippen molar-refractivity contribution in [2.75, 3.05) is 26.7 Å². The standard InChI is InChI=1S/C26H25N3O3/c1-18-17-28(15-16-29(18)26(30)20-10-4-6-12-22(20)31-2)25-19-9-3-7-13-23(19)32-24-14-8-5-11-21(24)27-25/h3-14,18H,15-17H2,1-2H3. The van der Waals surface area contributed by atoms with E-state index in [-0.39, 0.29) is 11.9 Å². The minimum atomic E-state index is -0.00788. The molecule has 3 aromatic rings. The first-order valence-electron chi connectivity index (χ1n) is 10.8. The molecule has 0 bridgehead atoms. The summed E-state index contributed by atoms with van der Waals surface area (Å²) in [6, 6.07) is 23.2. The number of ether oxygens (including phenoxy) is 2. The molecule has 5 rings (SSSR count). The third kappa shape index (κ3) is 3.58. The number of hydrogen-bond acceptors (Lipinski definition) is 5. The van der Waals surface area contributed by atoms with Gasteiger partial charge in [-0.1, -0.05) is 36.4 Å². The van der Waals surface area contributed by atoms with Crippen LogP contribution in [0.4, 0.5) is 5.69 Å². The van der Waals surface area contributed by atoms with E-state index >= 15 is 0 Å². The van der Waals surface area contributed by atoms with E-state index in [9.17, 15) is 4.79 Å². The Kier molecular flexibility index (Phi) is 5.27. The van der Waals surface area contributed by atoms with E-state index in [4.69, 9.17) is 14.5 Å². The number of carbonyl (C=O) groups is 1. The van der Waals surface area contributed by atoms with Gasteiger partial charge in [0.2, 0.25) is 0 Å². The van der Waals surface area contributed by atoms with Crippen molar-refractivity contribution >= 4 is 17.4 Å². The van der Waals surface area contributed by atoms with Gasteiger partial charge in [0.25, 0.3) is 5.91 Å². The van der Waals surface area contributed by atoms with E-state index in [1.54, 1.807) is 7.11 Å². The number of benzene rings is 3. The smallest absolute Gasteiger partial charge is 0.257 e. The second kappa shape index (κ2) is 8.38. The Morgan fingerprint density at radius 2 is 1.69 bits per heavy atom. The Hall–Kier alpha value is -3.80. The molecule has 1 amide bonds. The van der Waals surface area contributed by atoms with Gasteiger partial charge in [0.05, 0.1) is 18.2 Å². The highest BCUT2D eigenvalue weighted by molar-refractivity contribution is 6.04. The molecule has 2 heterocycles. The number of amidine groups is 1. The predicted molar refractivity (Wildman–Crippen MR) is 124 cm³/mol. The average molecular weight is 428 g/mol. The maximum absolute atomic E-state index is 13.3. The molecule has 162 valence electrons. The van der Waals surface area contributed by atoms with Crippen molar-refractivity contribution in [3.05, 3.63) is 83.9 Å². The Balaban J connectivity index is 1.44. The van der Waals surface area contributed by atoms with E-state index < -0.39 is 0 Å².